The number of amides is 1. The van der Waals surface area contributed by atoms with Crippen LogP contribution in [0.25, 0.3) is 0 Å². The Bertz CT molecular complexity index is 386. The molecule has 1 heterocycles. The molecule has 1 rings (SSSR count). The maximum Gasteiger partial charge on any atom is 0.410 e. The lowest BCUT2D eigenvalue weighted by Gasteiger charge is -2.15. The quantitative estimate of drug-likeness (QED) is 0.757. The second kappa shape index (κ2) is 6.64. The predicted molar refractivity (Wildman–Crippen MR) is 67.1 cm³/mol. The predicted octanol–water partition coefficient (Wildman–Crippen LogP) is 1.83. The molecule has 1 amide bonds. The normalized spacial score (nSPS) is 19.4. The third-order valence-electron chi connectivity index (χ3n) is 2.75. The summed E-state index contributed by atoms with van der Waals surface area (Å²) in [6.07, 6.45) is 4.85. The highest BCUT2D eigenvalue weighted by atomic mass is 16.6. The number of carbonyl (C=O) groups excluding carboxylic acids is 1. The number of hydrogen-bond donors (Lipinski definition) is 1. The van der Waals surface area contributed by atoms with E-state index in [1.165, 1.54) is 4.90 Å². The molecule has 5 heteroatoms. The van der Waals surface area contributed by atoms with Crippen molar-refractivity contribution in [1.29, 1.82) is 0 Å². The highest BCUT2D eigenvalue weighted by Gasteiger charge is 2.31. The number of allylic oxidation sites excluding steroid dienone is 2. The zero-order chi connectivity index (χ0) is 13.5. The SMILES string of the molecule is C=C/C=C(\C=C)COC(=O)N1CCC(C(=O)O)C1. The monoisotopic (exact) mass is 251 g/mol. The van der Waals surface area contributed by atoms with Crippen LogP contribution in [0.15, 0.2) is 37.0 Å². The van der Waals surface area contributed by atoms with E-state index in [1.807, 2.05) is 0 Å². The van der Waals surface area contributed by atoms with Crippen LogP contribution >= 0.6 is 0 Å². The molecular weight excluding hydrogens is 234 g/mol. The van der Waals surface area contributed by atoms with Crippen LogP contribution in [0.2, 0.25) is 0 Å². The van der Waals surface area contributed by atoms with E-state index in [4.69, 9.17) is 9.84 Å². The fourth-order valence-corrected chi connectivity index (χ4v) is 1.69. The van der Waals surface area contributed by atoms with Gasteiger partial charge in [-0.2, -0.15) is 0 Å². The minimum absolute atomic E-state index is 0.114. The molecule has 0 aromatic carbocycles. The first-order chi connectivity index (χ1) is 8.58. The zero-order valence-corrected chi connectivity index (χ0v) is 10.2. The molecule has 98 valence electrons. The van der Waals surface area contributed by atoms with E-state index in [1.54, 1.807) is 18.2 Å². The molecule has 0 aromatic rings. The van der Waals surface area contributed by atoms with Crippen LogP contribution in [-0.2, 0) is 9.53 Å². The maximum absolute atomic E-state index is 11.7. The average Bonchev–Trinajstić information content (AvgIpc) is 2.83. The molecule has 1 saturated heterocycles. The van der Waals surface area contributed by atoms with Crippen molar-refractivity contribution in [1.82, 2.24) is 4.90 Å². The summed E-state index contributed by atoms with van der Waals surface area (Å²) < 4.78 is 5.07. The summed E-state index contributed by atoms with van der Waals surface area (Å²) in [5.41, 5.74) is 0.743. The Hall–Kier alpha value is -2.04. The summed E-state index contributed by atoms with van der Waals surface area (Å²) in [4.78, 5) is 23.8. The highest BCUT2D eigenvalue weighted by Crippen LogP contribution is 2.17. The van der Waals surface area contributed by atoms with Crippen molar-refractivity contribution in [3.8, 4) is 0 Å². The van der Waals surface area contributed by atoms with Gasteiger partial charge in [0.15, 0.2) is 0 Å². The molecule has 0 spiro atoms. The average molecular weight is 251 g/mol. The lowest BCUT2D eigenvalue weighted by molar-refractivity contribution is -0.141. The van der Waals surface area contributed by atoms with Crippen LogP contribution in [0, 0.1) is 5.92 Å². The standard InChI is InChI=1S/C13H17NO4/c1-3-5-10(4-2)9-18-13(17)14-7-6-11(8-14)12(15)16/h3-5,11H,1-2,6-9H2,(H,15,16)/b10-5+. The Morgan fingerprint density at radius 2 is 2.17 bits per heavy atom. The van der Waals surface area contributed by atoms with Gasteiger partial charge in [-0.3, -0.25) is 4.79 Å². The van der Waals surface area contributed by atoms with Gasteiger partial charge in [-0.05, 0) is 12.0 Å². The molecule has 0 bridgehead atoms. The number of ether oxygens (including phenoxy) is 1. The Balaban J connectivity index is 2.43. The molecule has 5 nitrogen and oxygen atoms in total. The van der Waals surface area contributed by atoms with Crippen LogP contribution < -0.4 is 0 Å². The first-order valence-corrected chi connectivity index (χ1v) is 5.67. The number of aliphatic carboxylic acids is 1. The van der Waals surface area contributed by atoms with Crippen molar-refractivity contribution in [2.75, 3.05) is 19.7 Å². The van der Waals surface area contributed by atoms with Crippen molar-refractivity contribution in [3.63, 3.8) is 0 Å². The van der Waals surface area contributed by atoms with Crippen molar-refractivity contribution in [3.05, 3.63) is 37.0 Å². The Morgan fingerprint density at radius 1 is 1.44 bits per heavy atom. The van der Waals surface area contributed by atoms with Gasteiger partial charge in [0.1, 0.15) is 6.61 Å². The summed E-state index contributed by atoms with van der Waals surface area (Å²) in [6, 6.07) is 0. The number of carboxylic acids is 1. The van der Waals surface area contributed by atoms with Gasteiger partial charge in [-0.25, -0.2) is 4.79 Å². The molecular formula is C13H17NO4. The van der Waals surface area contributed by atoms with E-state index < -0.39 is 18.0 Å². The smallest absolute Gasteiger partial charge is 0.410 e. The van der Waals surface area contributed by atoms with Gasteiger partial charge in [-0.15, -0.1) is 0 Å². The van der Waals surface area contributed by atoms with Crippen LogP contribution in [0.5, 0.6) is 0 Å². The number of rotatable bonds is 5. The van der Waals surface area contributed by atoms with E-state index in [9.17, 15) is 9.59 Å². The molecule has 0 aliphatic carbocycles. The third kappa shape index (κ3) is 3.76. The van der Waals surface area contributed by atoms with Gasteiger partial charge in [0.25, 0.3) is 0 Å². The minimum Gasteiger partial charge on any atom is -0.481 e. The van der Waals surface area contributed by atoms with E-state index >= 15 is 0 Å². The van der Waals surface area contributed by atoms with Crippen LogP contribution in [0.4, 0.5) is 4.79 Å². The van der Waals surface area contributed by atoms with Crippen molar-refractivity contribution >= 4 is 12.1 Å². The fourth-order valence-electron chi connectivity index (χ4n) is 1.69. The van der Waals surface area contributed by atoms with Gasteiger partial charge in [-0.1, -0.05) is 31.4 Å². The lowest BCUT2D eigenvalue weighted by Crippen LogP contribution is -2.30. The highest BCUT2D eigenvalue weighted by molar-refractivity contribution is 5.74. The van der Waals surface area contributed by atoms with E-state index in [2.05, 4.69) is 13.2 Å². The third-order valence-corrected chi connectivity index (χ3v) is 2.75. The van der Waals surface area contributed by atoms with Crippen LogP contribution in [0.1, 0.15) is 6.42 Å². The summed E-state index contributed by atoms with van der Waals surface area (Å²) in [7, 11) is 0. The summed E-state index contributed by atoms with van der Waals surface area (Å²) in [5.74, 6) is -1.36. The number of nitrogens with zero attached hydrogens (tertiary/aromatic N) is 1. The van der Waals surface area contributed by atoms with Crippen LogP contribution in [-0.4, -0.2) is 41.8 Å². The topological polar surface area (TPSA) is 66.8 Å². The van der Waals surface area contributed by atoms with Gasteiger partial charge < -0.3 is 14.7 Å². The van der Waals surface area contributed by atoms with Crippen molar-refractivity contribution in [2.24, 2.45) is 5.92 Å². The second-order valence-electron chi connectivity index (χ2n) is 4.01. The Morgan fingerprint density at radius 3 is 2.67 bits per heavy atom. The van der Waals surface area contributed by atoms with E-state index in [0.717, 1.165) is 5.57 Å². The molecule has 1 N–H and O–H groups in total. The largest absolute Gasteiger partial charge is 0.481 e. The van der Waals surface area contributed by atoms with E-state index in [-0.39, 0.29) is 13.2 Å². The molecule has 1 atom stereocenters. The number of likely N-dealkylation sites (tertiary alicyclic amines) is 1. The Kier molecular flexibility index (Phi) is 5.17. The molecule has 0 aromatic heterocycles. The number of hydrogen-bond acceptors (Lipinski definition) is 3. The number of carboxylic acid groups (broad SMARTS) is 1. The van der Waals surface area contributed by atoms with Crippen molar-refractivity contribution in [2.45, 2.75) is 6.42 Å². The van der Waals surface area contributed by atoms with Gasteiger partial charge in [0, 0.05) is 13.1 Å². The zero-order valence-electron chi connectivity index (χ0n) is 10.2. The number of carbonyl (C=O) groups is 2. The van der Waals surface area contributed by atoms with Gasteiger partial charge in [0.2, 0.25) is 0 Å². The molecule has 18 heavy (non-hydrogen) atoms. The van der Waals surface area contributed by atoms with Gasteiger partial charge in [0.05, 0.1) is 5.92 Å². The minimum atomic E-state index is -0.872. The first-order valence-electron chi connectivity index (χ1n) is 5.67. The van der Waals surface area contributed by atoms with E-state index in [0.29, 0.717) is 13.0 Å². The molecule has 0 radical (unpaired) electrons. The summed E-state index contributed by atoms with van der Waals surface area (Å²) in [5, 5.41) is 8.83. The molecule has 1 aliphatic rings. The molecule has 0 saturated carbocycles. The summed E-state index contributed by atoms with van der Waals surface area (Å²) in [6.45, 7) is 7.88. The lowest BCUT2D eigenvalue weighted by atomic mass is 10.1. The van der Waals surface area contributed by atoms with Crippen molar-refractivity contribution < 1.29 is 19.4 Å². The van der Waals surface area contributed by atoms with Gasteiger partial charge >= 0.3 is 12.1 Å². The molecule has 1 unspecified atom stereocenters. The second-order valence-corrected chi connectivity index (χ2v) is 4.01. The Labute approximate surface area is 106 Å². The van der Waals surface area contributed by atoms with Crippen LogP contribution in [0.3, 0.4) is 0 Å². The molecule has 1 fully saturated rings. The first kappa shape index (κ1) is 14.0. The fraction of sp³-hybridized carbons (Fsp3) is 0.385. The molecule has 1 aliphatic heterocycles. The summed E-state index contributed by atoms with van der Waals surface area (Å²) >= 11 is 0. The maximum atomic E-state index is 11.7.